The molecule has 1 amide bonds. The zero-order valence-electron chi connectivity index (χ0n) is 11.6. The van der Waals surface area contributed by atoms with Gasteiger partial charge in [-0.15, -0.1) is 11.3 Å². The van der Waals surface area contributed by atoms with Crippen LogP contribution >= 0.6 is 11.3 Å². The Morgan fingerprint density at radius 1 is 1.48 bits per heavy atom. The van der Waals surface area contributed by atoms with Crippen molar-refractivity contribution in [2.24, 2.45) is 0 Å². The van der Waals surface area contributed by atoms with Crippen molar-refractivity contribution in [3.05, 3.63) is 40.6 Å². The van der Waals surface area contributed by atoms with E-state index in [0.717, 1.165) is 9.75 Å². The number of aliphatic hydroxyl groups excluding tert-OH is 1. The molecular weight excluding hydrogens is 286 g/mol. The molecule has 2 aromatic rings. The first-order valence-electron chi connectivity index (χ1n) is 6.69. The van der Waals surface area contributed by atoms with E-state index in [1.165, 1.54) is 0 Å². The molecule has 110 valence electrons. The Bertz CT molecular complexity index is 623. The van der Waals surface area contributed by atoms with E-state index in [1.807, 2.05) is 22.9 Å². The lowest BCUT2D eigenvalue weighted by Gasteiger charge is -2.04. The number of nitrogens with one attached hydrogen (secondary N) is 1. The number of amides is 1. The van der Waals surface area contributed by atoms with Crippen LogP contribution in [0.25, 0.3) is 0 Å². The first-order chi connectivity index (χ1) is 10.3. The molecule has 0 aromatic carbocycles. The fourth-order valence-corrected chi connectivity index (χ4v) is 2.49. The minimum atomic E-state index is 0.0185. The van der Waals surface area contributed by atoms with Crippen LogP contribution in [0.15, 0.2) is 30.9 Å². The molecule has 0 spiro atoms. The van der Waals surface area contributed by atoms with Gasteiger partial charge in [0.25, 0.3) is 0 Å². The lowest BCUT2D eigenvalue weighted by atomic mass is 10.3. The van der Waals surface area contributed by atoms with Gasteiger partial charge in [-0.05, 0) is 12.1 Å². The third-order valence-electron chi connectivity index (χ3n) is 2.73. The number of hydrogen-bond acceptors (Lipinski definition) is 4. The molecule has 0 aliphatic rings. The molecule has 2 heterocycles. The van der Waals surface area contributed by atoms with Crippen molar-refractivity contribution in [1.82, 2.24) is 14.9 Å². The topological polar surface area (TPSA) is 67.2 Å². The summed E-state index contributed by atoms with van der Waals surface area (Å²) in [5, 5.41) is 11.6. The van der Waals surface area contributed by atoms with Gasteiger partial charge in [-0.2, -0.15) is 0 Å². The van der Waals surface area contributed by atoms with Gasteiger partial charge in [0.05, 0.1) is 24.4 Å². The summed E-state index contributed by atoms with van der Waals surface area (Å²) in [7, 11) is 0. The van der Waals surface area contributed by atoms with Gasteiger partial charge >= 0.3 is 0 Å². The van der Waals surface area contributed by atoms with Gasteiger partial charge in [-0.3, -0.25) is 4.79 Å². The molecule has 5 nitrogen and oxygen atoms in total. The number of carbonyl (C=O) groups is 1. The molecule has 0 aliphatic heterocycles. The summed E-state index contributed by atoms with van der Waals surface area (Å²) in [5.74, 6) is 5.88. The summed E-state index contributed by atoms with van der Waals surface area (Å²) >= 11 is 1.56. The molecule has 0 fully saturated rings. The lowest BCUT2D eigenvalue weighted by molar-refractivity contribution is -0.121. The normalized spacial score (nSPS) is 9.95. The second-order valence-corrected chi connectivity index (χ2v) is 5.54. The highest BCUT2D eigenvalue weighted by molar-refractivity contribution is 7.12. The molecule has 0 aliphatic carbocycles. The predicted octanol–water partition coefficient (Wildman–Crippen LogP) is 1.39. The highest BCUT2D eigenvalue weighted by atomic mass is 32.1. The van der Waals surface area contributed by atoms with Crippen molar-refractivity contribution < 1.29 is 9.90 Å². The Labute approximate surface area is 127 Å². The standard InChI is InChI=1S/C15H17N3O2S/c19-10-2-1-3-13-4-5-14(21-13)11-17-15(20)6-8-18-9-7-16-12-18/h4-5,7,9,12,19H,2,6,8,10-11H2,(H,17,20). The van der Waals surface area contributed by atoms with Crippen LogP contribution in [0.2, 0.25) is 0 Å². The maximum Gasteiger partial charge on any atom is 0.222 e. The van der Waals surface area contributed by atoms with E-state index < -0.39 is 0 Å². The van der Waals surface area contributed by atoms with Crippen molar-refractivity contribution in [2.45, 2.75) is 25.9 Å². The summed E-state index contributed by atoms with van der Waals surface area (Å²) in [4.78, 5) is 17.7. The van der Waals surface area contributed by atoms with Crippen molar-refractivity contribution in [2.75, 3.05) is 6.61 Å². The van der Waals surface area contributed by atoms with E-state index >= 15 is 0 Å². The Balaban J connectivity index is 1.72. The zero-order valence-corrected chi connectivity index (χ0v) is 12.4. The second-order valence-electron chi connectivity index (χ2n) is 4.37. The van der Waals surface area contributed by atoms with E-state index in [0.29, 0.717) is 25.9 Å². The number of thiophene rings is 1. The molecule has 0 bridgehead atoms. The second kappa shape index (κ2) is 8.25. The molecular formula is C15H17N3O2S. The number of carbonyl (C=O) groups excluding carboxylic acids is 1. The van der Waals surface area contributed by atoms with Crippen LogP contribution in [0.4, 0.5) is 0 Å². The average molecular weight is 303 g/mol. The molecule has 2 rings (SSSR count). The Hall–Kier alpha value is -2.10. The third kappa shape index (κ3) is 5.42. The number of nitrogens with zero attached hydrogens (tertiary/aromatic N) is 2. The van der Waals surface area contributed by atoms with Crippen LogP contribution in [0.5, 0.6) is 0 Å². The number of aromatic nitrogens is 2. The molecule has 2 N–H and O–H groups in total. The summed E-state index contributed by atoms with van der Waals surface area (Å²) < 4.78 is 1.87. The minimum Gasteiger partial charge on any atom is -0.395 e. The van der Waals surface area contributed by atoms with E-state index in [2.05, 4.69) is 22.1 Å². The van der Waals surface area contributed by atoms with E-state index in [-0.39, 0.29) is 12.5 Å². The quantitative estimate of drug-likeness (QED) is 0.792. The number of aliphatic hydroxyl groups is 1. The molecule has 0 radical (unpaired) electrons. The summed E-state index contributed by atoms with van der Waals surface area (Å²) in [6.45, 7) is 1.24. The maximum atomic E-state index is 11.7. The Morgan fingerprint density at radius 2 is 2.38 bits per heavy atom. The van der Waals surface area contributed by atoms with E-state index in [9.17, 15) is 4.79 Å². The third-order valence-corrected chi connectivity index (χ3v) is 3.73. The van der Waals surface area contributed by atoms with Gasteiger partial charge in [0.15, 0.2) is 0 Å². The molecule has 21 heavy (non-hydrogen) atoms. The van der Waals surface area contributed by atoms with Gasteiger partial charge in [-0.25, -0.2) is 4.98 Å². The van der Waals surface area contributed by atoms with Crippen molar-refractivity contribution in [3.63, 3.8) is 0 Å². The predicted molar refractivity (Wildman–Crippen MR) is 81.6 cm³/mol. The molecule has 0 atom stereocenters. The maximum absolute atomic E-state index is 11.7. The summed E-state index contributed by atoms with van der Waals surface area (Å²) in [6, 6.07) is 3.89. The molecule has 0 unspecified atom stereocenters. The Kier molecular flexibility index (Phi) is 6.00. The van der Waals surface area contributed by atoms with Gasteiger partial charge in [-0.1, -0.05) is 11.8 Å². The molecule has 0 saturated heterocycles. The monoisotopic (exact) mass is 303 g/mol. The minimum absolute atomic E-state index is 0.0185. The zero-order chi connectivity index (χ0) is 14.9. The van der Waals surface area contributed by atoms with Crippen LogP contribution in [-0.2, 0) is 17.9 Å². The fourth-order valence-electron chi connectivity index (χ4n) is 1.67. The van der Waals surface area contributed by atoms with Crippen molar-refractivity contribution in [1.29, 1.82) is 0 Å². The smallest absolute Gasteiger partial charge is 0.222 e. The van der Waals surface area contributed by atoms with Gasteiger partial charge in [0.1, 0.15) is 0 Å². The summed E-state index contributed by atoms with van der Waals surface area (Å²) in [5.41, 5.74) is 0. The van der Waals surface area contributed by atoms with Crippen LogP contribution in [-0.4, -0.2) is 27.2 Å². The highest BCUT2D eigenvalue weighted by Crippen LogP contribution is 2.15. The van der Waals surface area contributed by atoms with Crippen LogP contribution < -0.4 is 5.32 Å². The van der Waals surface area contributed by atoms with Gasteiger partial charge in [0.2, 0.25) is 5.91 Å². The van der Waals surface area contributed by atoms with Gasteiger partial charge < -0.3 is 15.0 Å². The van der Waals surface area contributed by atoms with Crippen molar-refractivity contribution >= 4 is 17.2 Å². The molecule has 2 aromatic heterocycles. The molecule has 6 heteroatoms. The van der Waals surface area contributed by atoms with Crippen LogP contribution in [0.3, 0.4) is 0 Å². The van der Waals surface area contributed by atoms with E-state index in [4.69, 9.17) is 5.11 Å². The van der Waals surface area contributed by atoms with Crippen molar-refractivity contribution in [3.8, 4) is 11.8 Å². The number of aryl methyl sites for hydroxylation is 1. The first-order valence-corrected chi connectivity index (χ1v) is 7.50. The lowest BCUT2D eigenvalue weighted by Crippen LogP contribution is -2.23. The average Bonchev–Trinajstić information content (AvgIpc) is 3.15. The Morgan fingerprint density at radius 3 is 3.14 bits per heavy atom. The number of hydrogen-bond donors (Lipinski definition) is 2. The highest BCUT2D eigenvalue weighted by Gasteiger charge is 2.03. The largest absolute Gasteiger partial charge is 0.395 e. The van der Waals surface area contributed by atoms with E-state index in [1.54, 1.807) is 23.9 Å². The van der Waals surface area contributed by atoms with Crippen LogP contribution in [0, 0.1) is 11.8 Å². The number of imidazole rings is 1. The SMILES string of the molecule is O=C(CCn1ccnc1)NCc1ccc(C#CCCO)s1. The van der Waals surface area contributed by atoms with Gasteiger partial charge in [0, 0.05) is 36.7 Å². The fraction of sp³-hybridized carbons (Fsp3) is 0.333. The van der Waals surface area contributed by atoms with Crippen LogP contribution in [0.1, 0.15) is 22.6 Å². The first kappa shape index (κ1) is 15.3. The number of rotatable bonds is 6. The summed E-state index contributed by atoms with van der Waals surface area (Å²) in [6.07, 6.45) is 6.15. The molecule has 0 saturated carbocycles.